The molecule has 1 N–H and O–H groups in total. The van der Waals surface area contributed by atoms with Gasteiger partial charge in [-0.15, -0.1) is 0 Å². The van der Waals surface area contributed by atoms with Gasteiger partial charge in [-0.25, -0.2) is 4.79 Å². The molecule has 0 saturated carbocycles. The highest BCUT2D eigenvalue weighted by molar-refractivity contribution is 5.72. The van der Waals surface area contributed by atoms with Crippen molar-refractivity contribution in [1.82, 2.24) is 0 Å². The number of methoxy groups -OCH3 is 1. The van der Waals surface area contributed by atoms with E-state index in [4.69, 9.17) is 9.84 Å². The summed E-state index contributed by atoms with van der Waals surface area (Å²) in [5.41, 5.74) is 0. The van der Waals surface area contributed by atoms with Crippen LogP contribution in [-0.4, -0.2) is 24.3 Å². The topological polar surface area (TPSA) is 46.5 Å². The number of rotatable bonds is 4. The van der Waals surface area contributed by atoms with Crippen LogP contribution in [0.25, 0.3) is 0 Å². The largest absolute Gasteiger partial charge is 0.479 e. The average molecular weight is 146 g/mol. The minimum absolute atomic E-state index is 0.0856. The predicted octanol–water partition coefficient (Wildman–Crippen LogP) is 1.13. The molecule has 3 heteroatoms. The number of aliphatic carboxylic acids is 1. The van der Waals surface area contributed by atoms with Gasteiger partial charge in [0.2, 0.25) is 0 Å². The summed E-state index contributed by atoms with van der Waals surface area (Å²) in [7, 11) is 1.42. The molecule has 0 amide bonds. The molecule has 0 rings (SSSR count). The third-order valence-electron chi connectivity index (χ3n) is 1.66. The fourth-order valence-corrected chi connectivity index (χ4v) is 0.791. The standard InChI is InChI=1S/C7H14O3/c1-4-5(2)6(10-3)7(8)9/h5-6H,4H2,1-3H3,(H,8,9)/t5?,6-/m0/s1. The van der Waals surface area contributed by atoms with Crippen molar-refractivity contribution in [3.63, 3.8) is 0 Å². The van der Waals surface area contributed by atoms with E-state index >= 15 is 0 Å². The summed E-state index contributed by atoms with van der Waals surface area (Å²) in [6.07, 6.45) is 0.176. The third kappa shape index (κ3) is 2.35. The van der Waals surface area contributed by atoms with Gasteiger partial charge in [-0.3, -0.25) is 0 Å². The maximum absolute atomic E-state index is 10.4. The Balaban J connectivity index is 3.92. The molecule has 2 atom stereocenters. The highest BCUT2D eigenvalue weighted by Crippen LogP contribution is 2.10. The van der Waals surface area contributed by atoms with Crippen molar-refractivity contribution < 1.29 is 14.6 Å². The molecule has 0 radical (unpaired) electrons. The molecule has 0 aromatic heterocycles. The van der Waals surface area contributed by atoms with E-state index in [0.29, 0.717) is 0 Å². The Kier molecular flexibility index (Phi) is 4.03. The number of carbonyl (C=O) groups is 1. The van der Waals surface area contributed by atoms with Crippen LogP contribution in [-0.2, 0) is 9.53 Å². The number of hydrogen-bond acceptors (Lipinski definition) is 2. The van der Waals surface area contributed by atoms with Gasteiger partial charge < -0.3 is 9.84 Å². The van der Waals surface area contributed by atoms with Crippen molar-refractivity contribution in [3.05, 3.63) is 0 Å². The smallest absolute Gasteiger partial charge is 0.333 e. The van der Waals surface area contributed by atoms with E-state index in [2.05, 4.69) is 0 Å². The first-order valence-corrected chi connectivity index (χ1v) is 3.39. The zero-order valence-electron chi connectivity index (χ0n) is 6.63. The molecule has 60 valence electrons. The van der Waals surface area contributed by atoms with Gasteiger partial charge in [0.25, 0.3) is 0 Å². The van der Waals surface area contributed by atoms with Crippen LogP contribution >= 0.6 is 0 Å². The normalized spacial score (nSPS) is 16.3. The summed E-state index contributed by atoms with van der Waals surface area (Å²) < 4.78 is 4.76. The van der Waals surface area contributed by atoms with Crippen LogP contribution in [0.4, 0.5) is 0 Å². The van der Waals surface area contributed by atoms with Crippen molar-refractivity contribution in [2.45, 2.75) is 26.4 Å². The zero-order chi connectivity index (χ0) is 8.15. The highest BCUT2D eigenvalue weighted by Gasteiger charge is 2.21. The number of hydrogen-bond donors (Lipinski definition) is 1. The molecule has 0 aromatic rings. The average Bonchev–Trinajstić information content (AvgIpc) is 1.88. The second-order valence-electron chi connectivity index (χ2n) is 2.38. The van der Waals surface area contributed by atoms with Crippen molar-refractivity contribution >= 4 is 5.97 Å². The van der Waals surface area contributed by atoms with Crippen molar-refractivity contribution in [1.29, 1.82) is 0 Å². The Morgan fingerprint density at radius 3 is 2.30 bits per heavy atom. The summed E-state index contributed by atoms with van der Waals surface area (Å²) in [5.74, 6) is -0.792. The lowest BCUT2D eigenvalue weighted by Crippen LogP contribution is -2.29. The first kappa shape index (κ1) is 9.43. The van der Waals surface area contributed by atoms with Crippen molar-refractivity contribution in [3.8, 4) is 0 Å². The summed E-state index contributed by atoms with van der Waals surface area (Å²) in [4.78, 5) is 10.4. The number of carboxylic acids is 1. The van der Waals surface area contributed by atoms with Crippen LogP contribution in [0.5, 0.6) is 0 Å². The second-order valence-corrected chi connectivity index (χ2v) is 2.38. The van der Waals surface area contributed by atoms with Crippen molar-refractivity contribution in [2.75, 3.05) is 7.11 Å². The van der Waals surface area contributed by atoms with Crippen LogP contribution in [0.15, 0.2) is 0 Å². The first-order chi connectivity index (χ1) is 4.63. The SMILES string of the molecule is CCC(C)[C@H](OC)C(=O)O. The first-order valence-electron chi connectivity index (χ1n) is 3.39. The lowest BCUT2D eigenvalue weighted by Gasteiger charge is -2.15. The molecule has 0 saturated heterocycles. The van der Waals surface area contributed by atoms with Crippen molar-refractivity contribution in [2.24, 2.45) is 5.92 Å². The van der Waals surface area contributed by atoms with Crippen LogP contribution in [0.3, 0.4) is 0 Å². The molecule has 0 fully saturated rings. The van der Waals surface area contributed by atoms with Crippen LogP contribution in [0.2, 0.25) is 0 Å². The summed E-state index contributed by atoms with van der Waals surface area (Å²) in [5, 5.41) is 8.55. The van der Waals surface area contributed by atoms with E-state index in [0.717, 1.165) is 6.42 Å². The fourth-order valence-electron chi connectivity index (χ4n) is 0.791. The number of ether oxygens (including phenoxy) is 1. The third-order valence-corrected chi connectivity index (χ3v) is 1.66. The Morgan fingerprint density at radius 1 is 1.70 bits per heavy atom. The van der Waals surface area contributed by atoms with E-state index in [9.17, 15) is 4.79 Å². The van der Waals surface area contributed by atoms with Gasteiger partial charge in [-0.1, -0.05) is 20.3 Å². The Labute approximate surface area is 61.0 Å². The predicted molar refractivity (Wildman–Crippen MR) is 37.9 cm³/mol. The lowest BCUT2D eigenvalue weighted by atomic mass is 10.0. The molecular weight excluding hydrogens is 132 g/mol. The molecule has 0 aliphatic carbocycles. The second kappa shape index (κ2) is 4.28. The maximum atomic E-state index is 10.4. The van der Waals surface area contributed by atoms with Gasteiger partial charge in [0.1, 0.15) is 0 Å². The minimum Gasteiger partial charge on any atom is -0.479 e. The lowest BCUT2D eigenvalue weighted by molar-refractivity contribution is -0.151. The Bertz CT molecular complexity index is 111. The quantitative estimate of drug-likeness (QED) is 0.646. The molecule has 0 aromatic carbocycles. The van der Waals surface area contributed by atoms with E-state index in [1.54, 1.807) is 0 Å². The van der Waals surface area contributed by atoms with Gasteiger partial charge in [0.15, 0.2) is 6.10 Å². The summed E-state index contributed by atoms with van der Waals surface area (Å²) in [6.45, 7) is 3.81. The molecule has 0 spiro atoms. The van der Waals surface area contributed by atoms with Gasteiger partial charge >= 0.3 is 5.97 Å². The van der Waals surface area contributed by atoms with Crippen LogP contribution in [0, 0.1) is 5.92 Å². The van der Waals surface area contributed by atoms with Gasteiger partial charge in [-0.05, 0) is 5.92 Å². The van der Waals surface area contributed by atoms with Crippen LogP contribution in [0.1, 0.15) is 20.3 Å². The van der Waals surface area contributed by atoms with Crippen LogP contribution < -0.4 is 0 Å². The molecule has 0 aliphatic rings. The fraction of sp³-hybridized carbons (Fsp3) is 0.857. The Hall–Kier alpha value is -0.570. The highest BCUT2D eigenvalue weighted by atomic mass is 16.5. The molecule has 1 unspecified atom stereocenters. The van der Waals surface area contributed by atoms with E-state index in [1.165, 1.54) is 7.11 Å². The monoisotopic (exact) mass is 146 g/mol. The van der Waals surface area contributed by atoms with E-state index in [1.807, 2.05) is 13.8 Å². The Morgan fingerprint density at radius 2 is 2.20 bits per heavy atom. The minimum atomic E-state index is -0.878. The molecule has 0 bridgehead atoms. The number of carboxylic acid groups (broad SMARTS) is 1. The van der Waals surface area contributed by atoms with Gasteiger partial charge in [-0.2, -0.15) is 0 Å². The molecule has 0 heterocycles. The molecule has 3 nitrogen and oxygen atoms in total. The van der Waals surface area contributed by atoms with E-state index < -0.39 is 12.1 Å². The molecule has 10 heavy (non-hydrogen) atoms. The van der Waals surface area contributed by atoms with Gasteiger partial charge in [0, 0.05) is 7.11 Å². The van der Waals surface area contributed by atoms with E-state index in [-0.39, 0.29) is 5.92 Å². The molecule has 0 aliphatic heterocycles. The summed E-state index contributed by atoms with van der Waals surface area (Å²) >= 11 is 0. The zero-order valence-corrected chi connectivity index (χ0v) is 6.63. The summed E-state index contributed by atoms with van der Waals surface area (Å²) in [6, 6.07) is 0. The maximum Gasteiger partial charge on any atom is 0.333 e. The molecular formula is C7H14O3. The van der Waals surface area contributed by atoms with Gasteiger partial charge in [0.05, 0.1) is 0 Å².